The summed E-state index contributed by atoms with van der Waals surface area (Å²) in [5.41, 5.74) is 1.50. The highest BCUT2D eigenvalue weighted by Crippen LogP contribution is 2.31. The normalized spacial score (nSPS) is 11.5. The third kappa shape index (κ3) is 2.49. The van der Waals surface area contributed by atoms with Gasteiger partial charge in [-0.15, -0.1) is 0 Å². The molecule has 1 aromatic heterocycles. The molecule has 0 fully saturated rings. The molecule has 0 unspecified atom stereocenters. The van der Waals surface area contributed by atoms with Crippen molar-refractivity contribution in [2.24, 2.45) is 0 Å². The number of halogens is 3. The fourth-order valence-corrected chi connectivity index (χ4v) is 1.64. The van der Waals surface area contributed by atoms with Gasteiger partial charge in [0.05, 0.1) is 5.56 Å². The highest BCUT2D eigenvalue weighted by atomic mass is 19.4. The second-order valence-corrected chi connectivity index (χ2v) is 3.76. The molecule has 0 saturated carbocycles. The van der Waals surface area contributed by atoms with Crippen molar-refractivity contribution in [3.63, 3.8) is 0 Å². The van der Waals surface area contributed by atoms with Crippen molar-refractivity contribution >= 4 is 13.3 Å². The summed E-state index contributed by atoms with van der Waals surface area (Å²) < 4.78 is 37.8. The van der Waals surface area contributed by atoms with E-state index in [9.17, 15) is 13.2 Å². The molecule has 1 heterocycles. The Bertz CT molecular complexity index is 523. The SMILES string of the molecule is Bc1ccc(C(F)(F)F)cc1-c1ccncc1. The van der Waals surface area contributed by atoms with Gasteiger partial charge in [-0.3, -0.25) is 4.98 Å². The molecule has 2 rings (SSSR count). The zero-order valence-electron chi connectivity index (χ0n) is 9.12. The summed E-state index contributed by atoms with van der Waals surface area (Å²) in [7, 11) is 1.79. The molecule has 0 aliphatic heterocycles. The number of pyridine rings is 1. The van der Waals surface area contributed by atoms with E-state index in [2.05, 4.69) is 4.98 Å². The van der Waals surface area contributed by atoms with Gasteiger partial charge in [0, 0.05) is 12.4 Å². The Hall–Kier alpha value is -1.78. The van der Waals surface area contributed by atoms with Crippen LogP contribution in [-0.4, -0.2) is 12.8 Å². The first-order valence-corrected chi connectivity index (χ1v) is 5.07. The quantitative estimate of drug-likeness (QED) is 0.689. The van der Waals surface area contributed by atoms with Gasteiger partial charge < -0.3 is 0 Å². The van der Waals surface area contributed by atoms with Gasteiger partial charge in [-0.2, -0.15) is 13.2 Å². The minimum atomic E-state index is -4.31. The lowest BCUT2D eigenvalue weighted by Gasteiger charge is -2.11. The van der Waals surface area contributed by atoms with Crippen molar-refractivity contribution in [2.45, 2.75) is 6.18 Å². The summed E-state index contributed by atoms with van der Waals surface area (Å²) in [6.45, 7) is 0. The predicted molar refractivity (Wildman–Crippen MR) is 62.9 cm³/mol. The Labute approximate surface area is 97.7 Å². The molecule has 0 spiro atoms. The van der Waals surface area contributed by atoms with Crippen LogP contribution in [0.4, 0.5) is 13.2 Å². The molecule has 2 aromatic rings. The first kappa shape index (κ1) is 11.7. The number of rotatable bonds is 1. The van der Waals surface area contributed by atoms with Crippen LogP contribution >= 0.6 is 0 Å². The van der Waals surface area contributed by atoms with Crippen molar-refractivity contribution in [3.05, 3.63) is 48.3 Å². The lowest BCUT2D eigenvalue weighted by Crippen LogP contribution is -2.12. The number of nitrogens with zero attached hydrogens (tertiary/aromatic N) is 1. The van der Waals surface area contributed by atoms with E-state index >= 15 is 0 Å². The summed E-state index contributed by atoms with van der Waals surface area (Å²) >= 11 is 0. The van der Waals surface area contributed by atoms with Crippen molar-refractivity contribution in [3.8, 4) is 11.1 Å². The highest BCUT2D eigenvalue weighted by Gasteiger charge is 2.30. The molecular weight excluding hydrogens is 226 g/mol. The van der Waals surface area contributed by atoms with Gasteiger partial charge in [-0.1, -0.05) is 17.6 Å². The Morgan fingerprint density at radius 3 is 2.24 bits per heavy atom. The van der Waals surface area contributed by atoms with Gasteiger partial charge in [0.15, 0.2) is 0 Å². The lowest BCUT2D eigenvalue weighted by atomic mass is 9.86. The van der Waals surface area contributed by atoms with E-state index in [0.29, 0.717) is 5.56 Å². The maximum atomic E-state index is 12.6. The first-order valence-electron chi connectivity index (χ1n) is 5.07. The smallest absolute Gasteiger partial charge is 0.265 e. The van der Waals surface area contributed by atoms with E-state index in [1.54, 1.807) is 32.4 Å². The van der Waals surface area contributed by atoms with Gasteiger partial charge in [0.25, 0.3) is 0 Å². The molecule has 0 bridgehead atoms. The van der Waals surface area contributed by atoms with Crippen molar-refractivity contribution in [2.75, 3.05) is 0 Å². The summed E-state index contributed by atoms with van der Waals surface area (Å²) in [5, 5.41) is 0. The molecule has 17 heavy (non-hydrogen) atoms. The Kier molecular flexibility index (Phi) is 2.92. The third-order valence-corrected chi connectivity index (χ3v) is 2.56. The van der Waals surface area contributed by atoms with Crippen LogP contribution in [0.2, 0.25) is 0 Å². The van der Waals surface area contributed by atoms with Crippen molar-refractivity contribution in [1.29, 1.82) is 0 Å². The minimum absolute atomic E-state index is 0.585. The van der Waals surface area contributed by atoms with Gasteiger partial charge in [-0.05, 0) is 29.3 Å². The van der Waals surface area contributed by atoms with E-state index in [1.165, 1.54) is 12.1 Å². The molecule has 0 amide bonds. The van der Waals surface area contributed by atoms with E-state index in [4.69, 9.17) is 0 Å². The molecule has 86 valence electrons. The van der Waals surface area contributed by atoms with Crippen LogP contribution in [0.25, 0.3) is 11.1 Å². The molecule has 5 heteroatoms. The van der Waals surface area contributed by atoms with Crippen LogP contribution in [-0.2, 0) is 6.18 Å². The zero-order valence-corrected chi connectivity index (χ0v) is 9.12. The number of hydrogen-bond acceptors (Lipinski definition) is 1. The number of hydrogen-bond donors (Lipinski definition) is 0. The molecule has 0 N–H and O–H groups in total. The maximum absolute atomic E-state index is 12.6. The largest absolute Gasteiger partial charge is 0.416 e. The fourth-order valence-electron chi connectivity index (χ4n) is 1.64. The summed E-state index contributed by atoms with van der Waals surface area (Å²) in [4.78, 5) is 3.85. The van der Waals surface area contributed by atoms with Gasteiger partial charge in [0.1, 0.15) is 7.85 Å². The monoisotopic (exact) mass is 235 g/mol. The van der Waals surface area contributed by atoms with Crippen LogP contribution in [0.1, 0.15) is 5.56 Å². The average Bonchev–Trinajstić information content (AvgIpc) is 2.29. The maximum Gasteiger partial charge on any atom is 0.416 e. The van der Waals surface area contributed by atoms with Crippen molar-refractivity contribution in [1.82, 2.24) is 4.98 Å². The van der Waals surface area contributed by atoms with Crippen LogP contribution in [0, 0.1) is 0 Å². The number of aromatic nitrogens is 1. The molecule has 0 atom stereocenters. The lowest BCUT2D eigenvalue weighted by molar-refractivity contribution is -0.137. The topological polar surface area (TPSA) is 12.9 Å². The average molecular weight is 235 g/mol. The van der Waals surface area contributed by atoms with E-state index in [-0.39, 0.29) is 0 Å². The zero-order chi connectivity index (χ0) is 12.5. The second kappa shape index (κ2) is 4.24. The van der Waals surface area contributed by atoms with E-state index in [1.807, 2.05) is 0 Å². The van der Waals surface area contributed by atoms with Crippen molar-refractivity contribution < 1.29 is 13.2 Å². The molecule has 0 aliphatic carbocycles. The van der Waals surface area contributed by atoms with Crippen LogP contribution < -0.4 is 5.46 Å². The van der Waals surface area contributed by atoms with E-state index in [0.717, 1.165) is 17.1 Å². The van der Waals surface area contributed by atoms with Gasteiger partial charge >= 0.3 is 6.18 Å². The molecule has 0 radical (unpaired) electrons. The van der Waals surface area contributed by atoms with Gasteiger partial charge in [-0.25, -0.2) is 0 Å². The molecule has 1 nitrogen and oxygen atoms in total. The summed E-state index contributed by atoms with van der Waals surface area (Å²) in [6.07, 6.45) is -1.18. The molecule has 0 aliphatic rings. The predicted octanol–water partition coefficient (Wildman–Crippen LogP) is 2.03. The van der Waals surface area contributed by atoms with Gasteiger partial charge in [0.2, 0.25) is 0 Å². The highest BCUT2D eigenvalue weighted by molar-refractivity contribution is 6.35. The molecule has 1 aromatic carbocycles. The molecule has 0 saturated heterocycles. The standard InChI is InChI=1S/C12H9BF3N/c13-11-2-1-9(12(14,15)16)7-10(11)8-3-5-17-6-4-8/h1-7H,13H2. The third-order valence-electron chi connectivity index (χ3n) is 2.56. The second-order valence-electron chi connectivity index (χ2n) is 3.76. The Morgan fingerprint density at radius 2 is 1.65 bits per heavy atom. The van der Waals surface area contributed by atoms with Crippen LogP contribution in [0.15, 0.2) is 42.7 Å². The minimum Gasteiger partial charge on any atom is -0.265 e. The fraction of sp³-hybridized carbons (Fsp3) is 0.0833. The summed E-state index contributed by atoms with van der Waals surface area (Å²) in [6, 6.07) is 7.15. The van der Waals surface area contributed by atoms with Crippen LogP contribution in [0.5, 0.6) is 0 Å². The Balaban J connectivity index is 2.55. The number of benzene rings is 1. The Morgan fingerprint density at radius 1 is 1.00 bits per heavy atom. The molecular formula is C12H9BF3N. The number of alkyl halides is 3. The first-order chi connectivity index (χ1) is 7.98. The van der Waals surface area contributed by atoms with E-state index < -0.39 is 11.7 Å². The summed E-state index contributed by atoms with van der Waals surface area (Å²) in [5.74, 6) is 0. The van der Waals surface area contributed by atoms with Crippen LogP contribution in [0.3, 0.4) is 0 Å².